The fourth-order valence-corrected chi connectivity index (χ4v) is 4.00. The van der Waals surface area contributed by atoms with Gasteiger partial charge < -0.3 is 20.1 Å². The zero-order chi connectivity index (χ0) is 18.5. The number of hydrogen-bond acceptors (Lipinski definition) is 4. The Balaban J connectivity index is 1.48. The van der Waals surface area contributed by atoms with Crippen molar-refractivity contribution in [1.29, 1.82) is 0 Å². The van der Waals surface area contributed by atoms with E-state index in [1.807, 2.05) is 18.7 Å². The standard InChI is InChI=1S/C19H31N5O2/c1-13-17(14(2)26-23-13)11-21-19(20-3)22-16-9-10-24(12-16)18(25)15-7-5-4-6-8-15/h15-16H,4-12H2,1-3H3,(H2,20,21,22). The third kappa shape index (κ3) is 4.37. The van der Waals surface area contributed by atoms with Gasteiger partial charge in [-0.05, 0) is 33.1 Å². The summed E-state index contributed by atoms with van der Waals surface area (Å²) in [7, 11) is 1.77. The number of nitrogens with zero attached hydrogens (tertiary/aromatic N) is 3. The average Bonchev–Trinajstić information content (AvgIpc) is 3.26. The van der Waals surface area contributed by atoms with Crippen LogP contribution in [-0.2, 0) is 11.3 Å². The molecule has 1 saturated carbocycles. The van der Waals surface area contributed by atoms with Crippen LogP contribution in [-0.4, -0.2) is 48.1 Å². The number of likely N-dealkylation sites (tertiary alicyclic amines) is 1. The van der Waals surface area contributed by atoms with Gasteiger partial charge in [0.05, 0.1) is 5.69 Å². The van der Waals surface area contributed by atoms with Crippen molar-refractivity contribution in [2.75, 3.05) is 20.1 Å². The normalized spacial score (nSPS) is 21.9. The third-order valence-electron chi connectivity index (χ3n) is 5.63. The predicted octanol–water partition coefficient (Wildman–Crippen LogP) is 2.14. The van der Waals surface area contributed by atoms with Crippen LogP contribution in [0.4, 0.5) is 0 Å². The lowest BCUT2D eigenvalue weighted by Gasteiger charge is -2.26. The number of guanidine groups is 1. The molecule has 1 aliphatic heterocycles. The van der Waals surface area contributed by atoms with E-state index in [2.05, 4.69) is 20.8 Å². The maximum Gasteiger partial charge on any atom is 0.225 e. The van der Waals surface area contributed by atoms with Gasteiger partial charge in [0.15, 0.2) is 5.96 Å². The van der Waals surface area contributed by atoms with Crippen molar-refractivity contribution in [2.45, 2.75) is 65.0 Å². The molecule has 26 heavy (non-hydrogen) atoms. The van der Waals surface area contributed by atoms with Crippen molar-refractivity contribution >= 4 is 11.9 Å². The molecule has 1 aliphatic carbocycles. The van der Waals surface area contributed by atoms with Crippen molar-refractivity contribution in [3.05, 3.63) is 17.0 Å². The monoisotopic (exact) mass is 361 g/mol. The molecule has 144 valence electrons. The molecule has 1 amide bonds. The molecule has 2 heterocycles. The van der Waals surface area contributed by atoms with Crippen LogP contribution >= 0.6 is 0 Å². The Kier molecular flexibility index (Phi) is 6.16. The van der Waals surface area contributed by atoms with Crippen molar-refractivity contribution in [2.24, 2.45) is 10.9 Å². The van der Waals surface area contributed by atoms with Gasteiger partial charge in [0, 0.05) is 44.2 Å². The largest absolute Gasteiger partial charge is 0.361 e. The maximum absolute atomic E-state index is 12.7. The smallest absolute Gasteiger partial charge is 0.225 e. The molecule has 2 fully saturated rings. The van der Waals surface area contributed by atoms with Crippen molar-refractivity contribution in [3.8, 4) is 0 Å². The van der Waals surface area contributed by atoms with Gasteiger partial charge in [0.2, 0.25) is 5.91 Å². The van der Waals surface area contributed by atoms with Gasteiger partial charge in [-0.25, -0.2) is 0 Å². The molecule has 2 aliphatic rings. The predicted molar refractivity (Wildman–Crippen MR) is 101 cm³/mol. The second-order valence-corrected chi connectivity index (χ2v) is 7.48. The summed E-state index contributed by atoms with van der Waals surface area (Å²) in [5.41, 5.74) is 1.96. The van der Waals surface area contributed by atoms with E-state index < -0.39 is 0 Å². The molecule has 0 radical (unpaired) electrons. The van der Waals surface area contributed by atoms with Gasteiger partial charge in [0.1, 0.15) is 5.76 Å². The second-order valence-electron chi connectivity index (χ2n) is 7.48. The lowest BCUT2D eigenvalue weighted by atomic mass is 9.88. The number of carbonyl (C=O) groups excluding carboxylic acids is 1. The zero-order valence-corrected chi connectivity index (χ0v) is 16.2. The van der Waals surface area contributed by atoms with Crippen molar-refractivity contribution in [1.82, 2.24) is 20.7 Å². The molecule has 0 aromatic carbocycles. The summed E-state index contributed by atoms with van der Waals surface area (Å²) in [4.78, 5) is 19.0. The number of aliphatic imine (C=N–C) groups is 1. The first kappa shape index (κ1) is 18.7. The Hall–Kier alpha value is -2.05. The number of amides is 1. The van der Waals surface area contributed by atoms with E-state index in [1.54, 1.807) is 7.05 Å². The molecule has 1 aromatic heterocycles. The van der Waals surface area contributed by atoms with E-state index >= 15 is 0 Å². The minimum absolute atomic E-state index is 0.249. The molecule has 3 rings (SSSR count). The molecule has 1 atom stereocenters. The molecule has 0 bridgehead atoms. The number of aromatic nitrogens is 1. The van der Waals surface area contributed by atoms with Crippen LogP contribution in [0.3, 0.4) is 0 Å². The van der Waals surface area contributed by atoms with Crippen molar-refractivity contribution in [3.63, 3.8) is 0 Å². The fraction of sp³-hybridized carbons (Fsp3) is 0.737. The maximum atomic E-state index is 12.7. The Labute approximate surface area is 155 Å². The minimum Gasteiger partial charge on any atom is -0.361 e. The van der Waals surface area contributed by atoms with E-state index in [4.69, 9.17) is 4.52 Å². The second kappa shape index (κ2) is 8.56. The number of hydrogen-bond donors (Lipinski definition) is 2. The van der Waals surface area contributed by atoms with E-state index in [9.17, 15) is 4.79 Å². The highest BCUT2D eigenvalue weighted by Gasteiger charge is 2.31. The van der Waals surface area contributed by atoms with Crippen LogP contribution in [0.15, 0.2) is 9.52 Å². The first-order valence-electron chi connectivity index (χ1n) is 9.76. The fourth-order valence-electron chi connectivity index (χ4n) is 4.00. The van der Waals surface area contributed by atoms with Crippen LogP contribution in [0.5, 0.6) is 0 Å². The van der Waals surface area contributed by atoms with E-state index in [0.29, 0.717) is 12.5 Å². The lowest BCUT2D eigenvalue weighted by Crippen LogP contribution is -2.45. The van der Waals surface area contributed by atoms with Gasteiger partial charge in [-0.1, -0.05) is 24.4 Å². The van der Waals surface area contributed by atoms with Crippen molar-refractivity contribution < 1.29 is 9.32 Å². The van der Waals surface area contributed by atoms with Crippen LogP contribution in [0.25, 0.3) is 0 Å². The minimum atomic E-state index is 0.249. The molecule has 0 spiro atoms. The molecule has 2 N–H and O–H groups in total. The number of rotatable bonds is 4. The van der Waals surface area contributed by atoms with E-state index in [-0.39, 0.29) is 12.0 Å². The molecular formula is C19H31N5O2. The van der Waals surface area contributed by atoms with Crippen LogP contribution < -0.4 is 10.6 Å². The number of carbonyl (C=O) groups is 1. The number of aryl methyl sites for hydroxylation is 2. The highest BCUT2D eigenvalue weighted by atomic mass is 16.5. The van der Waals surface area contributed by atoms with E-state index in [0.717, 1.165) is 55.3 Å². The number of nitrogens with one attached hydrogen (secondary N) is 2. The van der Waals surface area contributed by atoms with Crippen LogP contribution in [0, 0.1) is 19.8 Å². The van der Waals surface area contributed by atoms with E-state index in [1.165, 1.54) is 19.3 Å². The summed E-state index contributed by atoms with van der Waals surface area (Å²) >= 11 is 0. The van der Waals surface area contributed by atoms with Gasteiger partial charge in [0.25, 0.3) is 0 Å². The first-order valence-corrected chi connectivity index (χ1v) is 9.76. The summed E-state index contributed by atoms with van der Waals surface area (Å²) in [6, 6.07) is 0.249. The summed E-state index contributed by atoms with van der Waals surface area (Å²) in [6.07, 6.45) is 6.77. The van der Waals surface area contributed by atoms with Gasteiger partial charge in [-0.2, -0.15) is 0 Å². The first-order chi connectivity index (χ1) is 12.6. The third-order valence-corrected chi connectivity index (χ3v) is 5.63. The van der Waals surface area contributed by atoms with Gasteiger partial charge in [-0.3, -0.25) is 9.79 Å². The Morgan fingerprint density at radius 3 is 2.69 bits per heavy atom. The summed E-state index contributed by atoms with van der Waals surface area (Å²) in [5, 5.41) is 10.7. The lowest BCUT2D eigenvalue weighted by molar-refractivity contribution is -0.135. The molecule has 7 heteroatoms. The molecule has 1 aromatic rings. The molecule has 1 unspecified atom stereocenters. The quantitative estimate of drug-likeness (QED) is 0.634. The zero-order valence-electron chi connectivity index (χ0n) is 16.2. The average molecular weight is 361 g/mol. The SMILES string of the molecule is CN=C(NCc1c(C)noc1C)NC1CCN(C(=O)C2CCCCC2)C1. The Morgan fingerprint density at radius 1 is 1.27 bits per heavy atom. The van der Waals surface area contributed by atoms with Gasteiger partial charge >= 0.3 is 0 Å². The molecular weight excluding hydrogens is 330 g/mol. The molecule has 1 saturated heterocycles. The van der Waals surface area contributed by atoms with Crippen LogP contribution in [0.2, 0.25) is 0 Å². The summed E-state index contributed by atoms with van der Waals surface area (Å²) < 4.78 is 5.20. The van der Waals surface area contributed by atoms with Crippen LogP contribution in [0.1, 0.15) is 55.5 Å². The summed E-state index contributed by atoms with van der Waals surface area (Å²) in [6.45, 7) is 6.09. The topological polar surface area (TPSA) is 82.8 Å². The Bertz CT molecular complexity index is 629. The van der Waals surface area contributed by atoms with Gasteiger partial charge in [-0.15, -0.1) is 0 Å². The highest BCUT2D eigenvalue weighted by Crippen LogP contribution is 2.26. The summed E-state index contributed by atoms with van der Waals surface area (Å²) in [5.74, 6) is 2.18. The highest BCUT2D eigenvalue weighted by molar-refractivity contribution is 5.81. The molecule has 7 nitrogen and oxygen atoms in total. The Morgan fingerprint density at radius 2 is 2.04 bits per heavy atom.